The van der Waals surface area contributed by atoms with Crippen molar-refractivity contribution < 1.29 is 0 Å². The van der Waals surface area contributed by atoms with E-state index in [1.165, 1.54) is 16.9 Å². The maximum atomic E-state index is 4.61. The van der Waals surface area contributed by atoms with Gasteiger partial charge in [0.05, 0.1) is 0 Å². The monoisotopic (exact) mass is 318 g/mol. The van der Waals surface area contributed by atoms with Crippen LogP contribution in [0.1, 0.15) is 16.1 Å². The quantitative estimate of drug-likeness (QED) is 0.564. The minimum atomic E-state index is 0.774. The zero-order chi connectivity index (χ0) is 15.6. The molecule has 4 nitrogen and oxygen atoms in total. The maximum Gasteiger partial charge on any atom is 0.235 e. The van der Waals surface area contributed by atoms with Crippen molar-refractivity contribution >= 4 is 28.4 Å². The molecule has 4 aromatic rings. The summed E-state index contributed by atoms with van der Waals surface area (Å²) in [6, 6.07) is 18.4. The Labute approximate surface area is 137 Å². The zero-order valence-corrected chi connectivity index (χ0v) is 13.4. The van der Waals surface area contributed by atoms with Gasteiger partial charge in [0.15, 0.2) is 5.82 Å². The van der Waals surface area contributed by atoms with Gasteiger partial charge in [-0.25, -0.2) is 0 Å². The number of nitrogens with zero attached hydrogens (tertiary/aromatic N) is 4. The Morgan fingerprint density at radius 1 is 0.913 bits per heavy atom. The molecule has 0 aliphatic heterocycles. The average molecular weight is 318 g/mol. The van der Waals surface area contributed by atoms with Crippen molar-refractivity contribution in [2.45, 2.75) is 6.92 Å². The number of benzene rings is 2. The lowest BCUT2D eigenvalue weighted by molar-refractivity contribution is 0.959. The number of fused-ring (bicyclic) bond motifs is 1. The largest absolute Gasteiger partial charge is 0.235 e. The minimum Gasteiger partial charge on any atom is -0.182 e. The lowest BCUT2D eigenvalue weighted by Gasteiger charge is -1.97. The smallest absolute Gasteiger partial charge is 0.182 e. The molecule has 112 valence electrons. The van der Waals surface area contributed by atoms with Gasteiger partial charge >= 0.3 is 0 Å². The van der Waals surface area contributed by atoms with Gasteiger partial charge in [0.1, 0.15) is 5.01 Å². The molecule has 2 aromatic carbocycles. The van der Waals surface area contributed by atoms with Gasteiger partial charge in [-0.05, 0) is 18.6 Å². The molecule has 4 rings (SSSR count). The van der Waals surface area contributed by atoms with Crippen molar-refractivity contribution in [1.29, 1.82) is 0 Å². The lowest BCUT2D eigenvalue weighted by atomic mass is 10.1. The average Bonchev–Trinajstić information content (AvgIpc) is 3.15. The Hall–Kier alpha value is -2.79. The van der Waals surface area contributed by atoms with E-state index in [4.69, 9.17) is 0 Å². The van der Waals surface area contributed by atoms with Crippen molar-refractivity contribution in [1.82, 2.24) is 19.8 Å². The third-order valence-corrected chi connectivity index (χ3v) is 4.40. The first-order chi connectivity index (χ1) is 11.3. The standard InChI is InChI=1S/C18H14N4S/c1-13-7-10-15(11-8-13)17-19-20-18-22(17)21-16(23-18)12-9-14-5-3-2-4-6-14/h2-12H,1H3/b12-9-. The predicted molar refractivity (Wildman–Crippen MR) is 94.2 cm³/mol. The highest BCUT2D eigenvalue weighted by atomic mass is 32.1. The summed E-state index contributed by atoms with van der Waals surface area (Å²) in [4.78, 5) is 0.799. The van der Waals surface area contributed by atoms with E-state index in [9.17, 15) is 0 Å². The second-order valence-corrected chi connectivity index (χ2v) is 6.26. The van der Waals surface area contributed by atoms with Crippen LogP contribution in [0.3, 0.4) is 0 Å². The highest BCUT2D eigenvalue weighted by Gasteiger charge is 2.12. The van der Waals surface area contributed by atoms with Gasteiger partial charge in [0.25, 0.3) is 0 Å². The molecule has 0 radical (unpaired) electrons. The van der Waals surface area contributed by atoms with Gasteiger partial charge < -0.3 is 0 Å². The summed E-state index contributed by atoms with van der Waals surface area (Å²) in [6.07, 6.45) is 4.06. The summed E-state index contributed by atoms with van der Waals surface area (Å²) in [7, 11) is 0. The van der Waals surface area contributed by atoms with Crippen LogP contribution in [0.15, 0.2) is 54.6 Å². The Morgan fingerprint density at radius 2 is 1.70 bits per heavy atom. The first kappa shape index (κ1) is 13.8. The molecule has 0 saturated heterocycles. The Kier molecular flexibility index (Phi) is 3.48. The molecule has 0 bridgehead atoms. The number of rotatable bonds is 3. The van der Waals surface area contributed by atoms with Crippen LogP contribution >= 0.6 is 11.3 Å². The minimum absolute atomic E-state index is 0.774. The van der Waals surface area contributed by atoms with E-state index in [1.807, 2.05) is 36.4 Å². The molecule has 0 unspecified atom stereocenters. The molecule has 2 aromatic heterocycles. The third kappa shape index (κ3) is 2.78. The van der Waals surface area contributed by atoms with E-state index in [0.29, 0.717) is 0 Å². The van der Waals surface area contributed by atoms with Crippen LogP contribution in [0.2, 0.25) is 0 Å². The van der Waals surface area contributed by atoms with Crippen LogP contribution in [0.25, 0.3) is 28.5 Å². The fourth-order valence-corrected chi connectivity index (χ4v) is 3.05. The Balaban J connectivity index is 1.69. The molecule has 0 fully saturated rings. The maximum absolute atomic E-state index is 4.61. The number of aromatic nitrogens is 4. The summed E-state index contributed by atoms with van der Waals surface area (Å²) < 4.78 is 1.81. The van der Waals surface area contributed by atoms with Crippen LogP contribution in [0.5, 0.6) is 0 Å². The fraction of sp³-hybridized carbons (Fsp3) is 0.0556. The molecule has 0 atom stereocenters. The fourth-order valence-electron chi connectivity index (χ4n) is 2.31. The van der Waals surface area contributed by atoms with Crippen LogP contribution < -0.4 is 0 Å². The summed E-state index contributed by atoms with van der Waals surface area (Å²) >= 11 is 1.53. The molecule has 2 heterocycles. The number of hydrogen-bond acceptors (Lipinski definition) is 4. The van der Waals surface area contributed by atoms with Gasteiger partial charge in [-0.1, -0.05) is 77.6 Å². The topological polar surface area (TPSA) is 43.1 Å². The van der Waals surface area contributed by atoms with Gasteiger partial charge in [0, 0.05) is 5.56 Å². The molecule has 0 aliphatic carbocycles. The highest BCUT2D eigenvalue weighted by molar-refractivity contribution is 7.17. The van der Waals surface area contributed by atoms with Gasteiger partial charge in [-0.3, -0.25) is 0 Å². The zero-order valence-electron chi connectivity index (χ0n) is 12.5. The van der Waals surface area contributed by atoms with E-state index in [0.717, 1.165) is 26.9 Å². The SMILES string of the molecule is Cc1ccc(-c2nnc3sc(/C=C\c4ccccc4)nn23)cc1. The van der Waals surface area contributed by atoms with Crippen LogP contribution in [-0.2, 0) is 0 Å². The normalized spacial score (nSPS) is 11.5. The first-order valence-corrected chi connectivity index (χ1v) is 8.14. The molecule has 0 spiro atoms. The van der Waals surface area contributed by atoms with Crippen molar-refractivity contribution in [2.24, 2.45) is 0 Å². The number of aryl methyl sites for hydroxylation is 1. The Bertz CT molecular complexity index is 965. The van der Waals surface area contributed by atoms with Crippen LogP contribution in [0.4, 0.5) is 0 Å². The van der Waals surface area contributed by atoms with Gasteiger partial charge in [-0.2, -0.15) is 9.61 Å². The first-order valence-electron chi connectivity index (χ1n) is 7.32. The molecular formula is C18H14N4S. The van der Waals surface area contributed by atoms with Crippen molar-refractivity contribution in [3.63, 3.8) is 0 Å². The Morgan fingerprint density at radius 3 is 2.48 bits per heavy atom. The summed E-state index contributed by atoms with van der Waals surface area (Å²) in [5.74, 6) is 0.774. The van der Waals surface area contributed by atoms with Crippen molar-refractivity contribution in [3.05, 3.63) is 70.7 Å². The molecule has 5 heteroatoms. The second-order valence-electron chi connectivity index (χ2n) is 5.27. The van der Waals surface area contributed by atoms with E-state index in [2.05, 4.69) is 52.6 Å². The molecular weight excluding hydrogens is 304 g/mol. The molecule has 23 heavy (non-hydrogen) atoms. The second kappa shape index (κ2) is 5.78. The molecule has 0 aliphatic rings. The molecule has 0 amide bonds. The lowest BCUT2D eigenvalue weighted by Crippen LogP contribution is -1.90. The predicted octanol–water partition coefficient (Wildman–Crippen LogP) is 4.33. The summed E-state index contributed by atoms with van der Waals surface area (Å²) in [5.41, 5.74) is 3.39. The molecule has 0 saturated carbocycles. The summed E-state index contributed by atoms with van der Waals surface area (Å²) in [5, 5.41) is 14.0. The number of hydrogen-bond donors (Lipinski definition) is 0. The van der Waals surface area contributed by atoms with Crippen molar-refractivity contribution in [3.8, 4) is 11.4 Å². The van der Waals surface area contributed by atoms with Crippen LogP contribution in [-0.4, -0.2) is 19.8 Å². The highest BCUT2D eigenvalue weighted by Crippen LogP contribution is 2.22. The molecule has 0 N–H and O–H groups in total. The van der Waals surface area contributed by atoms with Crippen molar-refractivity contribution in [2.75, 3.05) is 0 Å². The van der Waals surface area contributed by atoms with E-state index in [-0.39, 0.29) is 0 Å². The summed E-state index contributed by atoms with van der Waals surface area (Å²) in [6.45, 7) is 2.07. The van der Waals surface area contributed by atoms with E-state index in [1.54, 1.807) is 4.52 Å². The van der Waals surface area contributed by atoms with E-state index < -0.39 is 0 Å². The van der Waals surface area contributed by atoms with Gasteiger partial charge in [-0.15, -0.1) is 10.2 Å². The van der Waals surface area contributed by atoms with Gasteiger partial charge in [0.2, 0.25) is 4.96 Å². The van der Waals surface area contributed by atoms with Crippen LogP contribution in [0, 0.1) is 6.92 Å². The third-order valence-electron chi connectivity index (χ3n) is 3.53. The van der Waals surface area contributed by atoms with E-state index >= 15 is 0 Å².